The van der Waals surface area contributed by atoms with Gasteiger partial charge in [0.15, 0.2) is 0 Å². The number of aromatic nitrogens is 1. The molecular weight excluding hydrogens is 433 g/mol. The van der Waals surface area contributed by atoms with E-state index in [1.165, 1.54) is 24.3 Å². The molecule has 6 nitrogen and oxygen atoms in total. The minimum absolute atomic E-state index is 0.00474. The standard InChI is InChI=1S/C18H19ClN2O3.C6H6FN/c19-16-2-1-7-20-18(16)24-15-5-8-21(11-15)17-4-3-13(12-23)10-14(17)6-9-22;7-5-1-3-6(8)4-2-5/h1-4,7,10,12,15,22H,5-6,8-9,11H2;1-4H,8H2/t15-;/m0./s1. The van der Waals surface area contributed by atoms with Crippen LogP contribution in [0.3, 0.4) is 0 Å². The van der Waals surface area contributed by atoms with Crippen LogP contribution in [0.1, 0.15) is 22.3 Å². The number of carbonyl (C=O) groups excluding carboxylic acids is 1. The summed E-state index contributed by atoms with van der Waals surface area (Å²) in [4.78, 5) is 17.3. The Morgan fingerprint density at radius 2 is 2.03 bits per heavy atom. The van der Waals surface area contributed by atoms with Gasteiger partial charge in [-0.1, -0.05) is 11.6 Å². The fourth-order valence-corrected chi connectivity index (χ4v) is 3.60. The number of pyridine rings is 1. The highest BCUT2D eigenvalue weighted by Crippen LogP contribution is 2.29. The zero-order chi connectivity index (χ0) is 22.9. The summed E-state index contributed by atoms with van der Waals surface area (Å²) in [5.74, 6) is 0.206. The monoisotopic (exact) mass is 457 g/mol. The van der Waals surface area contributed by atoms with Crippen LogP contribution in [0.15, 0.2) is 60.8 Å². The minimum atomic E-state index is -0.251. The first-order chi connectivity index (χ1) is 15.5. The highest BCUT2D eigenvalue weighted by molar-refractivity contribution is 6.31. The van der Waals surface area contributed by atoms with Crippen molar-refractivity contribution < 1.29 is 19.0 Å². The van der Waals surface area contributed by atoms with Crippen molar-refractivity contribution in [2.24, 2.45) is 0 Å². The zero-order valence-electron chi connectivity index (χ0n) is 17.5. The molecule has 1 aliphatic rings. The van der Waals surface area contributed by atoms with Crippen LogP contribution in [-0.4, -0.2) is 42.2 Å². The molecule has 4 rings (SSSR count). The number of nitrogens with zero attached hydrogens (tertiary/aromatic N) is 2. The van der Waals surface area contributed by atoms with Crippen LogP contribution < -0.4 is 15.4 Å². The van der Waals surface area contributed by atoms with Crippen LogP contribution in [0.25, 0.3) is 0 Å². The van der Waals surface area contributed by atoms with Gasteiger partial charge in [-0.2, -0.15) is 0 Å². The van der Waals surface area contributed by atoms with E-state index in [4.69, 9.17) is 22.1 Å². The number of halogens is 2. The molecule has 2 heterocycles. The van der Waals surface area contributed by atoms with E-state index < -0.39 is 0 Å². The Bertz CT molecular complexity index is 1010. The van der Waals surface area contributed by atoms with E-state index in [1.54, 1.807) is 24.4 Å². The lowest BCUT2D eigenvalue weighted by atomic mass is 10.1. The number of ether oxygens (including phenoxy) is 1. The van der Waals surface area contributed by atoms with Crippen LogP contribution in [0, 0.1) is 5.82 Å². The molecule has 1 saturated heterocycles. The third-order valence-corrected chi connectivity index (χ3v) is 5.27. The summed E-state index contributed by atoms with van der Waals surface area (Å²) in [6.07, 6.45) is 3.87. The summed E-state index contributed by atoms with van der Waals surface area (Å²) in [7, 11) is 0. The average molecular weight is 458 g/mol. The van der Waals surface area contributed by atoms with Crippen molar-refractivity contribution in [2.45, 2.75) is 18.9 Å². The lowest BCUT2D eigenvalue weighted by Crippen LogP contribution is -2.25. The van der Waals surface area contributed by atoms with Crippen LogP contribution in [0.5, 0.6) is 5.88 Å². The number of nitrogen functional groups attached to an aromatic ring is 1. The number of benzene rings is 2. The van der Waals surface area contributed by atoms with Crippen LogP contribution >= 0.6 is 11.6 Å². The van der Waals surface area contributed by atoms with Crippen molar-refractivity contribution in [1.29, 1.82) is 0 Å². The Kier molecular flexibility index (Phi) is 8.41. The summed E-state index contributed by atoms with van der Waals surface area (Å²) in [5.41, 5.74) is 8.48. The predicted molar refractivity (Wildman–Crippen MR) is 124 cm³/mol. The lowest BCUT2D eigenvalue weighted by molar-refractivity contribution is 0.112. The predicted octanol–water partition coefficient (Wildman–Crippen LogP) is 4.15. The Labute approximate surface area is 191 Å². The maximum absolute atomic E-state index is 12.0. The van der Waals surface area contributed by atoms with Gasteiger partial charge in [-0.05, 0) is 66.6 Å². The van der Waals surface area contributed by atoms with E-state index in [0.29, 0.717) is 35.1 Å². The van der Waals surface area contributed by atoms with E-state index >= 15 is 0 Å². The molecule has 2 aromatic carbocycles. The van der Waals surface area contributed by atoms with E-state index in [2.05, 4.69) is 9.88 Å². The fourth-order valence-electron chi connectivity index (χ4n) is 3.43. The maximum atomic E-state index is 12.0. The number of aliphatic hydroxyl groups excluding tert-OH is 1. The topological polar surface area (TPSA) is 88.7 Å². The molecule has 0 radical (unpaired) electrons. The molecule has 0 saturated carbocycles. The van der Waals surface area contributed by atoms with Gasteiger partial charge in [-0.15, -0.1) is 0 Å². The fraction of sp³-hybridized carbons (Fsp3) is 0.250. The smallest absolute Gasteiger partial charge is 0.232 e. The number of rotatable bonds is 6. The van der Waals surface area contributed by atoms with Crippen molar-refractivity contribution in [1.82, 2.24) is 4.98 Å². The average Bonchev–Trinajstić information content (AvgIpc) is 3.26. The molecular formula is C24H25ClFN3O3. The van der Waals surface area contributed by atoms with Gasteiger partial charge in [0.25, 0.3) is 0 Å². The second kappa shape index (κ2) is 11.5. The van der Waals surface area contributed by atoms with Gasteiger partial charge >= 0.3 is 0 Å². The van der Waals surface area contributed by atoms with E-state index in [-0.39, 0.29) is 18.5 Å². The van der Waals surface area contributed by atoms with Gasteiger partial charge in [0.2, 0.25) is 5.88 Å². The first-order valence-electron chi connectivity index (χ1n) is 10.2. The van der Waals surface area contributed by atoms with Crippen molar-refractivity contribution in [2.75, 3.05) is 30.3 Å². The number of aldehydes is 1. The van der Waals surface area contributed by atoms with Gasteiger partial charge in [0.05, 0.1) is 6.54 Å². The highest BCUT2D eigenvalue weighted by atomic mass is 35.5. The zero-order valence-corrected chi connectivity index (χ0v) is 18.2. The normalized spacial score (nSPS) is 15.1. The number of nitrogens with two attached hydrogens (primary N) is 1. The number of carbonyl (C=O) groups is 1. The van der Waals surface area contributed by atoms with E-state index in [1.807, 2.05) is 12.1 Å². The summed E-state index contributed by atoms with van der Waals surface area (Å²) in [5, 5.41) is 9.78. The first-order valence-corrected chi connectivity index (χ1v) is 10.6. The SMILES string of the molecule is Nc1ccc(F)cc1.O=Cc1ccc(N2CC[C@H](Oc3ncccc3Cl)C2)c(CCO)c1. The van der Waals surface area contributed by atoms with Gasteiger partial charge in [-0.3, -0.25) is 4.79 Å². The van der Waals surface area contributed by atoms with Crippen LogP contribution in [0.2, 0.25) is 5.02 Å². The Hall–Kier alpha value is -3.16. The molecule has 0 bridgehead atoms. The summed E-state index contributed by atoms with van der Waals surface area (Å²) in [6, 6.07) is 14.8. The van der Waals surface area contributed by atoms with Gasteiger partial charge < -0.3 is 20.5 Å². The van der Waals surface area contributed by atoms with E-state index in [0.717, 1.165) is 30.5 Å². The Morgan fingerprint density at radius 3 is 2.69 bits per heavy atom. The van der Waals surface area contributed by atoms with Crippen LogP contribution in [-0.2, 0) is 6.42 Å². The summed E-state index contributed by atoms with van der Waals surface area (Å²) >= 11 is 6.09. The second-order valence-corrected chi connectivity index (χ2v) is 7.70. The largest absolute Gasteiger partial charge is 0.471 e. The molecule has 0 aliphatic carbocycles. The molecule has 3 aromatic rings. The highest BCUT2D eigenvalue weighted by Gasteiger charge is 2.26. The first kappa shape index (κ1) is 23.5. The molecule has 0 amide bonds. The lowest BCUT2D eigenvalue weighted by Gasteiger charge is -2.22. The molecule has 0 unspecified atom stereocenters. The number of hydrogen-bond donors (Lipinski definition) is 2. The molecule has 32 heavy (non-hydrogen) atoms. The number of anilines is 2. The van der Waals surface area contributed by atoms with Crippen molar-refractivity contribution in [3.63, 3.8) is 0 Å². The Balaban J connectivity index is 0.000000305. The van der Waals surface area contributed by atoms with Crippen molar-refractivity contribution in [3.8, 4) is 5.88 Å². The Morgan fingerprint density at radius 1 is 1.25 bits per heavy atom. The van der Waals surface area contributed by atoms with Gasteiger partial charge in [0.1, 0.15) is 23.2 Å². The molecule has 1 aliphatic heterocycles. The molecule has 168 valence electrons. The molecule has 1 fully saturated rings. The molecule has 3 N–H and O–H groups in total. The second-order valence-electron chi connectivity index (χ2n) is 7.30. The maximum Gasteiger partial charge on any atom is 0.232 e. The van der Waals surface area contributed by atoms with Crippen molar-refractivity contribution >= 4 is 29.3 Å². The van der Waals surface area contributed by atoms with Gasteiger partial charge in [-0.25, -0.2) is 9.37 Å². The molecule has 1 atom stereocenters. The van der Waals surface area contributed by atoms with Crippen molar-refractivity contribution in [3.05, 3.63) is 82.8 Å². The number of hydrogen-bond acceptors (Lipinski definition) is 6. The quantitative estimate of drug-likeness (QED) is 0.427. The minimum Gasteiger partial charge on any atom is -0.471 e. The summed E-state index contributed by atoms with van der Waals surface area (Å²) in [6.45, 7) is 1.60. The third kappa shape index (κ3) is 6.42. The number of aliphatic hydroxyl groups is 1. The molecule has 1 aromatic heterocycles. The van der Waals surface area contributed by atoms with Gasteiger partial charge in [0, 0.05) is 42.7 Å². The third-order valence-electron chi connectivity index (χ3n) is 4.98. The summed E-state index contributed by atoms with van der Waals surface area (Å²) < 4.78 is 17.9. The van der Waals surface area contributed by atoms with Crippen LogP contribution in [0.4, 0.5) is 15.8 Å². The van der Waals surface area contributed by atoms with E-state index in [9.17, 15) is 14.3 Å². The molecule has 8 heteroatoms. The molecule has 0 spiro atoms.